The van der Waals surface area contributed by atoms with Crippen LogP contribution in [0.15, 0.2) is 66.7 Å². The molecule has 3 aromatic carbocycles. The average molecular weight is 474 g/mol. The second kappa shape index (κ2) is 9.87. The molecule has 1 aromatic heterocycles. The van der Waals surface area contributed by atoms with Crippen molar-refractivity contribution >= 4 is 39.8 Å². The molecule has 0 saturated carbocycles. The molecule has 7 heteroatoms. The number of likely N-dealkylation sites (N-methyl/N-ethyl adjacent to an activating group) is 1. The first kappa shape index (κ1) is 22.4. The van der Waals surface area contributed by atoms with Crippen LogP contribution < -0.4 is 10.6 Å². The highest BCUT2D eigenvalue weighted by atomic mass is 35.5. The SMILES string of the molecule is CCN1CCCC(NC(=O)c2cccc(-c3n[nH]c4cc(Nc5ccccc5Cl)ccc34)c2)C1. The van der Waals surface area contributed by atoms with Crippen LogP contribution in [0.4, 0.5) is 11.4 Å². The molecule has 0 radical (unpaired) electrons. The maximum absolute atomic E-state index is 13.0. The summed E-state index contributed by atoms with van der Waals surface area (Å²) in [6.07, 6.45) is 2.14. The zero-order chi connectivity index (χ0) is 23.5. The lowest BCUT2D eigenvalue weighted by Gasteiger charge is -2.32. The fourth-order valence-corrected chi connectivity index (χ4v) is 4.76. The van der Waals surface area contributed by atoms with Crippen molar-refractivity contribution in [2.45, 2.75) is 25.8 Å². The molecule has 6 nitrogen and oxygen atoms in total. The van der Waals surface area contributed by atoms with Crippen LogP contribution in [0.25, 0.3) is 22.2 Å². The van der Waals surface area contributed by atoms with Crippen LogP contribution in [0.2, 0.25) is 5.02 Å². The van der Waals surface area contributed by atoms with Crippen molar-refractivity contribution in [3.8, 4) is 11.3 Å². The maximum Gasteiger partial charge on any atom is 0.251 e. The van der Waals surface area contributed by atoms with E-state index in [0.29, 0.717) is 10.6 Å². The van der Waals surface area contributed by atoms with E-state index in [1.165, 1.54) is 0 Å². The van der Waals surface area contributed by atoms with Gasteiger partial charge in [0, 0.05) is 34.8 Å². The summed E-state index contributed by atoms with van der Waals surface area (Å²) in [5.74, 6) is -0.0316. The third kappa shape index (κ3) is 4.79. The highest BCUT2D eigenvalue weighted by Crippen LogP contribution is 2.31. The van der Waals surface area contributed by atoms with E-state index in [-0.39, 0.29) is 11.9 Å². The molecule has 4 aromatic rings. The molecular formula is C27H28ClN5O. The van der Waals surface area contributed by atoms with E-state index < -0.39 is 0 Å². The molecule has 1 aliphatic rings. The number of carbonyl (C=O) groups excluding carboxylic acids is 1. The monoisotopic (exact) mass is 473 g/mol. The Morgan fingerprint density at radius 2 is 2.03 bits per heavy atom. The number of hydrogen-bond donors (Lipinski definition) is 3. The van der Waals surface area contributed by atoms with Crippen LogP contribution >= 0.6 is 11.6 Å². The van der Waals surface area contributed by atoms with E-state index in [9.17, 15) is 4.79 Å². The summed E-state index contributed by atoms with van der Waals surface area (Å²) >= 11 is 6.28. The molecule has 34 heavy (non-hydrogen) atoms. The van der Waals surface area contributed by atoms with Crippen LogP contribution in [0, 0.1) is 0 Å². The van der Waals surface area contributed by atoms with E-state index in [4.69, 9.17) is 11.6 Å². The molecule has 0 bridgehead atoms. The molecule has 0 aliphatic carbocycles. The first-order valence-electron chi connectivity index (χ1n) is 11.7. The molecule has 174 valence electrons. The number of rotatable bonds is 6. The van der Waals surface area contributed by atoms with Gasteiger partial charge in [0.15, 0.2) is 0 Å². The Bertz CT molecular complexity index is 1320. The molecule has 3 N–H and O–H groups in total. The van der Waals surface area contributed by atoms with Gasteiger partial charge in [-0.2, -0.15) is 5.10 Å². The minimum Gasteiger partial charge on any atom is -0.354 e. The number of piperidine rings is 1. The van der Waals surface area contributed by atoms with Crippen LogP contribution in [-0.2, 0) is 0 Å². The van der Waals surface area contributed by atoms with Gasteiger partial charge in [0.2, 0.25) is 0 Å². The van der Waals surface area contributed by atoms with Gasteiger partial charge in [0.1, 0.15) is 0 Å². The van der Waals surface area contributed by atoms with Crippen LogP contribution in [0.3, 0.4) is 0 Å². The molecule has 5 rings (SSSR count). The Morgan fingerprint density at radius 1 is 1.15 bits per heavy atom. The van der Waals surface area contributed by atoms with Gasteiger partial charge in [0.05, 0.1) is 21.9 Å². The van der Waals surface area contributed by atoms with Crippen LogP contribution in [0.5, 0.6) is 0 Å². The van der Waals surface area contributed by atoms with E-state index >= 15 is 0 Å². The van der Waals surface area contributed by atoms with Crippen molar-refractivity contribution in [1.29, 1.82) is 0 Å². The number of likely N-dealkylation sites (tertiary alicyclic amines) is 1. The number of aromatic amines is 1. The van der Waals surface area contributed by atoms with Gasteiger partial charge in [-0.25, -0.2) is 0 Å². The normalized spacial score (nSPS) is 16.5. The lowest BCUT2D eigenvalue weighted by atomic mass is 10.0. The molecule has 1 atom stereocenters. The molecule has 1 saturated heterocycles. The summed E-state index contributed by atoms with van der Waals surface area (Å²) < 4.78 is 0. The Labute approximate surface area is 204 Å². The van der Waals surface area contributed by atoms with Gasteiger partial charge in [-0.1, -0.05) is 42.8 Å². The minimum atomic E-state index is -0.0316. The second-order valence-corrected chi connectivity index (χ2v) is 9.13. The number of para-hydroxylation sites is 1. The smallest absolute Gasteiger partial charge is 0.251 e. The number of H-pyrrole nitrogens is 1. The number of nitrogens with zero attached hydrogens (tertiary/aromatic N) is 2. The lowest BCUT2D eigenvalue weighted by molar-refractivity contribution is 0.0906. The number of amides is 1. The van der Waals surface area contributed by atoms with Crippen molar-refractivity contribution in [3.63, 3.8) is 0 Å². The van der Waals surface area contributed by atoms with Crippen molar-refractivity contribution in [3.05, 3.63) is 77.3 Å². The summed E-state index contributed by atoms with van der Waals surface area (Å²) in [7, 11) is 0. The number of benzene rings is 3. The molecule has 1 unspecified atom stereocenters. The third-order valence-corrected chi connectivity index (χ3v) is 6.73. The van der Waals surface area contributed by atoms with Gasteiger partial charge in [-0.3, -0.25) is 9.89 Å². The fraction of sp³-hybridized carbons (Fsp3) is 0.259. The predicted molar refractivity (Wildman–Crippen MR) is 139 cm³/mol. The summed E-state index contributed by atoms with van der Waals surface area (Å²) in [6, 6.07) is 21.6. The number of aromatic nitrogens is 2. The largest absolute Gasteiger partial charge is 0.354 e. The number of anilines is 2. The van der Waals surface area contributed by atoms with Crippen LogP contribution in [-0.4, -0.2) is 46.7 Å². The molecule has 1 fully saturated rings. The van der Waals surface area contributed by atoms with Crippen molar-refractivity contribution in [2.75, 3.05) is 25.0 Å². The quantitative estimate of drug-likeness (QED) is 0.329. The van der Waals surface area contributed by atoms with E-state index in [1.807, 2.05) is 66.7 Å². The fourth-order valence-electron chi connectivity index (χ4n) is 4.57. The first-order chi connectivity index (χ1) is 16.6. The Balaban J connectivity index is 1.35. The topological polar surface area (TPSA) is 73.0 Å². The van der Waals surface area contributed by atoms with Gasteiger partial charge in [0.25, 0.3) is 5.91 Å². The van der Waals surface area contributed by atoms with Crippen molar-refractivity contribution < 1.29 is 4.79 Å². The standard InChI is InChI=1S/C27H28ClN5O/c1-2-33-14-6-9-21(17-33)30-27(34)19-8-5-7-18(15-19)26-22-13-12-20(16-25(22)31-32-26)29-24-11-4-3-10-23(24)28/h3-5,7-8,10-13,15-16,21,29H,2,6,9,14,17H2,1H3,(H,30,34)(H,31,32). The molecule has 2 heterocycles. The average Bonchev–Trinajstić information content (AvgIpc) is 3.29. The van der Waals surface area contributed by atoms with E-state index in [1.54, 1.807) is 0 Å². The summed E-state index contributed by atoms with van der Waals surface area (Å²) in [5.41, 5.74) is 5.05. The zero-order valence-corrected chi connectivity index (χ0v) is 19.9. The summed E-state index contributed by atoms with van der Waals surface area (Å²) in [6.45, 7) is 5.21. The Hall–Kier alpha value is -3.35. The van der Waals surface area contributed by atoms with Gasteiger partial charge < -0.3 is 15.5 Å². The molecule has 1 amide bonds. The van der Waals surface area contributed by atoms with E-state index in [0.717, 1.165) is 66.0 Å². The number of hydrogen-bond acceptors (Lipinski definition) is 4. The number of carbonyl (C=O) groups is 1. The molecule has 0 spiro atoms. The molecular weight excluding hydrogens is 446 g/mol. The number of fused-ring (bicyclic) bond motifs is 1. The Kier molecular flexibility index (Phi) is 6.52. The first-order valence-corrected chi connectivity index (χ1v) is 12.1. The number of nitrogens with one attached hydrogen (secondary N) is 3. The highest BCUT2D eigenvalue weighted by Gasteiger charge is 2.21. The third-order valence-electron chi connectivity index (χ3n) is 6.40. The minimum absolute atomic E-state index is 0.0316. The van der Waals surface area contributed by atoms with Gasteiger partial charge in [-0.05, 0) is 68.4 Å². The predicted octanol–water partition coefficient (Wildman–Crippen LogP) is 5.84. The summed E-state index contributed by atoms with van der Waals surface area (Å²) in [5, 5.41) is 15.9. The maximum atomic E-state index is 13.0. The lowest BCUT2D eigenvalue weighted by Crippen LogP contribution is -2.47. The van der Waals surface area contributed by atoms with E-state index in [2.05, 4.69) is 32.7 Å². The molecule has 1 aliphatic heterocycles. The van der Waals surface area contributed by atoms with Crippen molar-refractivity contribution in [1.82, 2.24) is 20.4 Å². The second-order valence-electron chi connectivity index (χ2n) is 8.72. The Morgan fingerprint density at radius 3 is 2.88 bits per heavy atom. The highest BCUT2D eigenvalue weighted by molar-refractivity contribution is 6.33. The van der Waals surface area contributed by atoms with Crippen molar-refractivity contribution in [2.24, 2.45) is 0 Å². The van der Waals surface area contributed by atoms with Gasteiger partial charge in [-0.15, -0.1) is 0 Å². The zero-order valence-electron chi connectivity index (χ0n) is 19.1. The summed E-state index contributed by atoms with van der Waals surface area (Å²) in [4.78, 5) is 15.3. The van der Waals surface area contributed by atoms with Gasteiger partial charge >= 0.3 is 0 Å². The van der Waals surface area contributed by atoms with Crippen LogP contribution in [0.1, 0.15) is 30.1 Å². The number of halogens is 1.